The minimum absolute atomic E-state index is 0.00198. The molecule has 9 heteroatoms. The molecule has 1 aromatic rings. The summed E-state index contributed by atoms with van der Waals surface area (Å²) < 4.78 is 23.4. The van der Waals surface area contributed by atoms with Gasteiger partial charge in [-0.05, 0) is 18.2 Å². The minimum Gasteiger partial charge on any atom is -0.395 e. The maximum Gasteiger partial charge on any atom is 0.330 e. The molecule has 0 aliphatic rings. The Bertz CT molecular complexity index is 545. The molecule has 0 amide bonds. The van der Waals surface area contributed by atoms with E-state index in [-0.39, 0.29) is 11.4 Å². The highest BCUT2D eigenvalue weighted by atomic mass is 32.2. The smallest absolute Gasteiger partial charge is 0.330 e. The van der Waals surface area contributed by atoms with Crippen molar-refractivity contribution in [1.29, 1.82) is 0 Å². The van der Waals surface area contributed by atoms with Gasteiger partial charge in [-0.25, -0.2) is 8.42 Å². The summed E-state index contributed by atoms with van der Waals surface area (Å²) >= 11 is 0. The molecule has 1 unspecified atom stereocenters. The van der Waals surface area contributed by atoms with Crippen LogP contribution in [0.2, 0.25) is 0 Å². The second-order valence-corrected chi connectivity index (χ2v) is 5.83. The second kappa shape index (κ2) is 6.45. The van der Waals surface area contributed by atoms with Crippen molar-refractivity contribution in [2.24, 2.45) is 0 Å². The average molecular weight is 290 g/mol. The molecule has 1 rings (SSSR count). The molecule has 19 heavy (non-hydrogen) atoms. The third-order valence-electron chi connectivity index (χ3n) is 2.29. The zero-order valence-electron chi connectivity index (χ0n) is 9.89. The molecule has 0 aliphatic carbocycles. The Morgan fingerprint density at radius 3 is 2.68 bits per heavy atom. The molecule has 3 N–H and O–H groups in total. The van der Waals surface area contributed by atoms with Gasteiger partial charge in [-0.15, -0.1) is 0 Å². The van der Waals surface area contributed by atoms with Gasteiger partial charge in [-0.3, -0.25) is 10.1 Å². The molecule has 0 heterocycles. The summed E-state index contributed by atoms with van der Waals surface area (Å²) in [5.74, 6) is -0.395. The van der Waals surface area contributed by atoms with Crippen molar-refractivity contribution in [2.45, 2.75) is 11.1 Å². The van der Waals surface area contributed by atoms with Crippen molar-refractivity contribution >= 4 is 15.5 Å². The lowest BCUT2D eigenvalue weighted by Gasteiger charge is -2.09. The number of nitrogens with one attached hydrogen (secondary N) is 1. The largest absolute Gasteiger partial charge is 0.395 e. The number of sulfone groups is 1. The number of rotatable bonds is 7. The Morgan fingerprint density at radius 2 is 2.11 bits per heavy atom. The van der Waals surface area contributed by atoms with Crippen LogP contribution in [0.25, 0.3) is 0 Å². The number of aliphatic hydroxyl groups excluding tert-OH is 2. The SMILES string of the molecule is O=[N+]([O-])C(O)CNc1cccc(S(=O)(=O)CCO)c1. The highest BCUT2D eigenvalue weighted by Crippen LogP contribution is 2.16. The van der Waals surface area contributed by atoms with Crippen LogP contribution in [0.5, 0.6) is 0 Å². The molecule has 0 aromatic heterocycles. The normalized spacial score (nSPS) is 12.9. The first-order valence-corrected chi connectivity index (χ1v) is 7.01. The summed E-state index contributed by atoms with van der Waals surface area (Å²) in [6.45, 7) is -0.823. The minimum atomic E-state index is -3.57. The first-order valence-electron chi connectivity index (χ1n) is 5.36. The Kier molecular flexibility index (Phi) is 5.21. The summed E-state index contributed by atoms with van der Waals surface area (Å²) in [6, 6.07) is 5.63. The van der Waals surface area contributed by atoms with E-state index in [1.165, 1.54) is 24.3 Å². The van der Waals surface area contributed by atoms with Gasteiger partial charge in [0.1, 0.15) is 6.54 Å². The third kappa shape index (κ3) is 4.47. The monoisotopic (exact) mass is 290 g/mol. The average Bonchev–Trinajstić information content (AvgIpc) is 2.36. The molecule has 0 aliphatic heterocycles. The van der Waals surface area contributed by atoms with Gasteiger partial charge in [-0.2, -0.15) is 0 Å². The zero-order chi connectivity index (χ0) is 14.5. The van der Waals surface area contributed by atoms with Crippen LogP contribution < -0.4 is 5.32 Å². The predicted molar refractivity (Wildman–Crippen MR) is 67.1 cm³/mol. The van der Waals surface area contributed by atoms with Crippen LogP contribution in [0.1, 0.15) is 0 Å². The number of benzene rings is 1. The van der Waals surface area contributed by atoms with Gasteiger partial charge in [0.15, 0.2) is 9.84 Å². The van der Waals surface area contributed by atoms with E-state index in [1.54, 1.807) is 0 Å². The Hall–Kier alpha value is -1.71. The van der Waals surface area contributed by atoms with E-state index in [4.69, 9.17) is 10.2 Å². The first-order chi connectivity index (χ1) is 8.86. The summed E-state index contributed by atoms with van der Waals surface area (Å²) in [5.41, 5.74) is 0.333. The van der Waals surface area contributed by atoms with Gasteiger partial charge in [0, 0.05) is 5.69 Å². The quantitative estimate of drug-likeness (QED) is 0.349. The molecule has 106 valence electrons. The Morgan fingerprint density at radius 1 is 1.42 bits per heavy atom. The molecular weight excluding hydrogens is 276 g/mol. The molecular formula is C10H14N2O6S. The van der Waals surface area contributed by atoms with E-state index < -0.39 is 33.3 Å². The van der Waals surface area contributed by atoms with Crippen LogP contribution in [0, 0.1) is 10.1 Å². The maximum absolute atomic E-state index is 11.7. The molecule has 0 spiro atoms. The first kappa shape index (κ1) is 15.3. The fourth-order valence-corrected chi connectivity index (χ4v) is 2.39. The van der Waals surface area contributed by atoms with Crippen molar-refractivity contribution in [1.82, 2.24) is 0 Å². The van der Waals surface area contributed by atoms with Crippen molar-refractivity contribution in [3.8, 4) is 0 Å². The van der Waals surface area contributed by atoms with Crippen LogP contribution in [0.4, 0.5) is 5.69 Å². The fraction of sp³-hybridized carbons (Fsp3) is 0.400. The summed E-state index contributed by atoms with van der Waals surface area (Å²) in [5, 5.41) is 30.4. The second-order valence-electron chi connectivity index (χ2n) is 3.72. The van der Waals surface area contributed by atoms with Crippen LogP contribution >= 0.6 is 0 Å². The highest BCUT2D eigenvalue weighted by molar-refractivity contribution is 7.91. The van der Waals surface area contributed by atoms with E-state index >= 15 is 0 Å². The fourth-order valence-electron chi connectivity index (χ4n) is 1.32. The van der Waals surface area contributed by atoms with Crippen molar-refractivity contribution < 1.29 is 23.6 Å². The Balaban J connectivity index is 2.81. The lowest BCUT2D eigenvalue weighted by Crippen LogP contribution is -2.27. The van der Waals surface area contributed by atoms with Crippen LogP contribution in [0.15, 0.2) is 29.2 Å². The Labute approximate surface area is 109 Å². The predicted octanol–water partition coefficient (Wildman–Crippen LogP) is -0.540. The van der Waals surface area contributed by atoms with E-state index in [0.717, 1.165) is 0 Å². The van der Waals surface area contributed by atoms with Gasteiger partial charge < -0.3 is 15.5 Å². The molecule has 0 bridgehead atoms. The summed E-state index contributed by atoms with van der Waals surface area (Å²) in [4.78, 5) is 9.36. The highest BCUT2D eigenvalue weighted by Gasteiger charge is 2.16. The molecule has 0 radical (unpaired) electrons. The number of nitro groups is 1. The summed E-state index contributed by atoms with van der Waals surface area (Å²) in [6.07, 6.45) is -1.77. The number of hydrogen-bond acceptors (Lipinski definition) is 7. The molecule has 1 atom stereocenters. The maximum atomic E-state index is 11.7. The molecule has 0 saturated heterocycles. The molecule has 8 nitrogen and oxygen atoms in total. The van der Waals surface area contributed by atoms with Crippen LogP contribution in [0.3, 0.4) is 0 Å². The van der Waals surface area contributed by atoms with Crippen molar-refractivity contribution in [3.63, 3.8) is 0 Å². The molecule has 1 aromatic carbocycles. The van der Waals surface area contributed by atoms with E-state index in [1.807, 2.05) is 0 Å². The zero-order valence-corrected chi connectivity index (χ0v) is 10.7. The molecule has 0 fully saturated rings. The van der Waals surface area contributed by atoms with Gasteiger partial charge in [0.2, 0.25) is 0 Å². The lowest BCUT2D eigenvalue weighted by molar-refractivity contribution is -0.565. The van der Waals surface area contributed by atoms with E-state index in [2.05, 4.69) is 5.32 Å². The van der Waals surface area contributed by atoms with Crippen LogP contribution in [-0.4, -0.2) is 48.7 Å². The summed E-state index contributed by atoms with van der Waals surface area (Å²) in [7, 11) is -3.57. The van der Waals surface area contributed by atoms with Gasteiger partial charge >= 0.3 is 6.23 Å². The standard InChI is InChI=1S/C10H14N2O6S/c13-4-5-19(17,18)9-3-1-2-8(6-9)11-7-10(14)12(15)16/h1-3,6,10-11,13-14H,4-5,7H2. The molecule has 0 saturated carbocycles. The number of anilines is 1. The number of nitrogens with zero attached hydrogens (tertiary/aromatic N) is 1. The van der Waals surface area contributed by atoms with E-state index in [9.17, 15) is 18.5 Å². The number of aliphatic hydroxyl groups is 2. The third-order valence-corrected chi connectivity index (χ3v) is 3.98. The van der Waals surface area contributed by atoms with E-state index in [0.29, 0.717) is 5.69 Å². The topological polar surface area (TPSA) is 130 Å². The lowest BCUT2D eigenvalue weighted by atomic mass is 10.3. The van der Waals surface area contributed by atoms with Gasteiger partial charge in [0.25, 0.3) is 0 Å². The number of hydrogen-bond donors (Lipinski definition) is 3. The van der Waals surface area contributed by atoms with Crippen molar-refractivity contribution in [3.05, 3.63) is 34.4 Å². The van der Waals surface area contributed by atoms with Gasteiger partial charge in [-0.1, -0.05) is 6.07 Å². The van der Waals surface area contributed by atoms with Crippen LogP contribution in [-0.2, 0) is 9.84 Å². The van der Waals surface area contributed by atoms with Gasteiger partial charge in [0.05, 0.1) is 22.2 Å². The van der Waals surface area contributed by atoms with Crippen molar-refractivity contribution in [2.75, 3.05) is 24.2 Å².